The molecule has 2 fully saturated rings. The van der Waals surface area contributed by atoms with Crippen LogP contribution in [0.4, 0.5) is 4.79 Å². The van der Waals surface area contributed by atoms with Crippen LogP contribution >= 0.6 is 0 Å². The summed E-state index contributed by atoms with van der Waals surface area (Å²) in [6, 6.07) is -3.86. The number of carbonyl (C=O) groups excluding carboxylic acids is 5. The van der Waals surface area contributed by atoms with E-state index in [4.69, 9.17) is 4.74 Å². The smallest absolute Gasteiger partial charge is 0.315 e. The van der Waals surface area contributed by atoms with Gasteiger partial charge in [-0.2, -0.15) is 0 Å². The number of hydrogen-bond donors (Lipinski definition) is 4. The van der Waals surface area contributed by atoms with Gasteiger partial charge in [0.05, 0.1) is 30.5 Å². The van der Waals surface area contributed by atoms with Gasteiger partial charge >= 0.3 is 6.03 Å². The Hall–Kier alpha value is -3.00. The molecule has 51 heavy (non-hydrogen) atoms. The van der Waals surface area contributed by atoms with E-state index in [-0.39, 0.29) is 44.9 Å². The number of ketones is 1. The number of amides is 5. The molecule has 5 amide bonds. The molecule has 2 aliphatic rings. The van der Waals surface area contributed by atoms with Crippen LogP contribution in [0.5, 0.6) is 0 Å². The molecule has 1 aliphatic heterocycles. The maximum Gasteiger partial charge on any atom is 0.315 e. The van der Waals surface area contributed by atoms with Gasteiger partial charge in [-0.15, -0.1) is 6.58 Å². The number of sulfone groups is 1. The molecule has 1 heterocycles. The molecule has 1 saturated carbocycles. The van der Waals surface area contributed by atoms with E-state index in [0.29, 0.717) is 25.7 Å². The van der Waals surface area contributed by atoms with Crippen LogP contribution in [0.15, 0.2) is 12.7 Å². The zero-order chi connectivity index (χ0) is 38.6. The summed E-state index contributed by atoms with van der Waals surface area (Å²) in [5.41, 5.74) is -2.28. The number of nitrogens with zero attached hydrogens (tertiary/aromatic N) is 1. The van der Waals surface area contributed by atoms with E-state index in [2.05, 4.69) is 27.8 Å². The second-order valence-electron chi connectivity index (χ2n) is 16.4. The van der Waals surface area contributed by atoms with Crippen molar-refractivity contribution in [3.63, 3.8) is 0 Å². The van der Waals surface area contributed by atoms with Crippen LogP contribution in [-0.2, 0) is 33.8 Å². The normalized spacial score (nSPS) is 20.5. The van der Waals surface area contributed by atoms with Crippen LogP contribution in [0.25, 0.3) is 0 Å². The fraction of sp³-hybridized carbons (Fsp3) is 0.811. The molecule has 0 spiro atoms. The molecule has 1 aliphatic carbocycles. The first-order valence-electron chi connectivity index (χ1n) is 18.6. The van der Waals surface area contributed by atoms with Gasteiger partial charge < -0.3 is 30.9 Å². The third-order valence-corrected chi connectivity index (χ3v) is 11.9. The van der Waals surface area contributed by atoms with Crippen molar-refractivity contribution in [2.24, 2.45) is 10.8 Å². The second-order valence-corrected chi connectivity index (χ2v) is 18.7. The van der Waals surface area contributed by atoms with Crippen molar-refractivity contribution in [3.8, 4) is 0 Å². The molecule has 0 aromatic rings. The number of nitrogens with one attached hydrogen (secondary N) is 4. The molecule has 1 saturated heterocycles. The molecule has 0 radical (unpaired) electrons. The summed E-state index contributed by atoms with van der Waals surface area (Å²) >= 11 is 0. The van der Waals surface area contributed by atoms with Crippen molar-refractivity contribution in [1.82, 2.24) is 26.2 Å². The third-order valence-electron chi connectivity index (χ3n) is 9.67. The van der Waals surface area contributed by atoms with Gasteiger partial charge in [-0.3, -0.25) is 19.2 Å². The van der Waals surface area contributed by atoms with Gasteiger partial charge in [0.25, 0.3) is 5.91 Å². The average molecular weight is 740 g/mol. The number of urea groups is 1. The van der Waals surface area contributed by atoms with Gasteiger partial charge in [-0.05, 0) is 42.9 Å². The zero-order valence-electron chi connectivity index (χ0n) is 32.3. The predicted octanol–water partition coefficient (Wildman–Crippen LogP) is 3.81. The number of hydrogen-bond acceptors (Lipinski definition) is 8. The van der Waals surface area contributed by atoms with Gasteiger partial charge in [0, 0.05) is 13.1 Å². The van der Waals surface area contributed by atoms with E-state index in [1.165, 1.54) is 11.0 Å². The summed E-state index contributed by atoms with van der Waals surface area (Å²) in [7, 11) is -3.53. The summed E-state index contributed by atoms with van der Waals surface area (Å²) in [5, 5.41) is 10.3. The van der Waals surface area contributed by atoms with Crippen molar-refractivity contribution < 1.29 is 37.1 Å². The highest BCUT2D eigenvalue weighted by Gasteiger charge is 2.50. The number of Topliss-reactive ketones (excluding diaryl/α,β-unsaturated/α-hetero) is 1. The second kappa shape index (κ2) is 19.2. The van der Waals surface area contributed by atoms with Crippen LogP contribution in [0.1, 0.15) is 120 Å². The minimum Gasteiger partial charge on any atom is -0.379 e. The van der Waals surface area contributed by atoms with E-state index < -0.39 is 79.1 Å². The van der Waals surface area contributed by atoms with Crippen molar-refractivity contribution in [1.29, 1.82) is 0 Å². The molecule has 0 aromatic carbocycles. The summed E-state index contributed by atoms with van der Waals surface area (Å²) < 4.78 is 32.1. The lowest BCUT2D eigenvalue weighted by atomic mass is 9.79. The van der Waals surface area contributed by atoms with Crippen LogP contribution in [0.3, 0.4) is 0 Å². The van der Waals surface area contributed by atoms with Crippen LogP contribution < -0.4 is 21.3 Å². The van der Waals surface area contributed by atoms with Crippen LogP contribution in [0.2, 0.25) is 0 Å². The zero-order valence-corrected chi connectivity index (χ0v) is 33.1. The number of rotatable bonds is 17. The highest BCUT2D eigenvalue weighted by atomic mass is 32.2. The fourth-order valence-corrected chi connectivity index (χ4v) is 8.89. The van der Waals surface area contributed by atoms with Crippen molar-refractivity contribution in [3.05, 3.63) is 12.7 Å². The quantitative estimate of drug-likeness (QED) is 0.128. The minimum atomic E-state index is -3.53. The van der Waals surface area contributed by atoms with E-state index in [0.717, 1.165) is 25.7 Å². The Morgan fingerprint density at radius 3 is 2.16 bits per heavy atom. The lowest BCUT2D eigenvalue weighted by Crippen LogP contribution is -2.67. The van der Waals surface area contributed by atoms with Gasteiger partial charge in [-0.1, -0.05) is 93.6 Å². The Morgan fingerprint density at radius 1 is 0.980 bits per heavy atom. The Kier molecular flexibility index (Phi) is 16.6. The number of unbranched alkanes of at least 4 members (excludes halogenated alkanes) is 1. The summed E-state index contributed by atoms with van der Waals surface area (Å²) in [4.78, 5) is 70.1. The number of carbonyl (C=O) groups is 5. The maximum atomic E-state index is 14.7. The first-order chi connectivity index (χ1) is 23.7. The van der Waals surface area contributed by atoms with Crippen LogP contribution in [0, 0.1) is 10.8 Å². The molecule has 2 rings (SSSR count). The molecule has 14 heteroatoms. The molecular weight excluding hydrogens is 675 g/mol. The average Bonchev–Trinajstić information content (AvgIpc) is 3.04. The fourth-order valence-electron chi connectivity index (χ4n) is 6.97. The van der Waals surface area contributed by atoms with Crippen molar-refractivity contribution in [2.75, 3.05) is 32.1 Å². The van der Waals surface area contributed by atoms with E-state index in [1.807, 2.05) is 55.4 Å². The monoisotopic (exact) mass is 739 g/mol. The van der Waals surface area contributed by atoms with E-state index in [1.54, 1.807) is 0 Å². The molecule has 13 nitrogen and oxygen atoms in total. The van der Waals surface area contributed by atoms with Crippen molar-refractivity contribution in [2.45, 2.75) is 149 Å². The minimum absolute atomic E-state index is 0.00418. The van der Waals surface area contributed by atoms with Gasteiger partial charge in [0.2, 0.25) is 17.6 Å². The standard InChI is InChI=1S/C37H65N5O8S/c1-10-13-17-26(29(43)32(45)38-20-11-2)39-31(44)27(24-35(4,5)6)42(21-12-3)33(46)30(36(7,8)9)40-34(47)41-37(18-15-14-16-19-37)28-25-50-22-23-51(28,48)49/h11,26-28,30H,2,10,12-25H2,1,3-9H3,(H,38,45)(H,39,44)(H2,40,41,47)/t26-,27-,28?,30+/m0/s1. The highest BCUT2D eigenvalue weighted by molar-refractivity contribution is 7.92. The Bertz CT molecular complexity index is 1330. The van der Waals surface area contributed by atoms with E-state index in [9.17, 15) is 32.4 Å². The molecular formula is C37H65N5O8S. The molecule has 4 N–H and O–H groups in total. The predicted molar refractivity (Wildman–Crippen MR) is 199 cm³/mol. The van der Waals surface area contributed by atoms with Gasteiger partial charge in [0.1, 0.15) is 17.3 Å². The first-order valence-corrected chi connectivity index (χ1v) is 20.4. The SMILES string of the molecule is C=CCNC(=O)C(=O)[C@H](CCCC)NC(=O)[C@H](CC(C)(C)C)N(CCC)C(=O)[C@@H](NC(=O)NC1(C2COCCS2(=O)=O)CCCCC1)C(C)(C)C. The Balaban J connectivity index is 2.47. The van der Waals surface area contributed by atoms with Crippen molar-refractivity contribution >= 4 is 39.4 Å². The summed E-state index contributed by atoms with van der Waals surface area (Å²) in [5.74, 6) is -2.74. The highest BCUT2D eigenvalue weighted by Crippen LogP contribution is 2.36. The third kappa shape index (κ3) is 12.9. The molecule has 0 bridgehead atoms. The van der Waals surface area contributed by atoms with E-state index >= 15 is 0 Å². The lowest BCUT2D eigenvalue weighted by Gasteiger charge is -2.45. The largest absolute Gasteiger partial charge is 0.379 e. The number of ether oxygens (including phenoxy) is 1. The maximum absolute atomic E-state index is 14.7. The molecule has 4 atom stereocenters. The lowest BCUT2D eigenvalue weighted by molar-refractivity contribution is -0.146. The molecule has 1 unspecified atom stereocenters. The molecule has 0 aromatic heterocycles. The topological polar surface area (TPSA) is 180 Å². The first kappa shape index (κ1) is 44.2. The van der Waals surface area contributed by atoms with Crippen LogP contribution in [-0.4, -0.2) is 104 Å². The molecule has 292 valence electrons. The van der Waals surface area contributed by atoms with Gasteiger partial charge in [-0.25, -0.2) is 13.2 Å². The Morgan fingerprint density at radius 2 is 1.63 bits per heavy atom. The van der Waals surface area contributed by atoms with Gasteiger partial charge in [0.15, 0.2) is 9.84 Å². The Labute approximate surface area is 306 Å². The summed E-state index contributed by atoms with van der Waals surface area (Å²) in [6.07, 6.45) is 7.16. The summed E-state index contributed by atoms with van der Waals surface area (Å²) in [6.45, 7) is 19.1.